The molecule has 1 amide bonds. The molecule has 6 nitrogen and oxygen atoms in total. The Morgan fingerprint density at radius 1 is 1.45 bits per heavy atom. The Morgan fingerprint density at radius 2 is 2.15 bits per heavy atom. The number of hydrogen-bond acceptors (Lipinski definition) is 4. The van der Waals surface area contributed by atoms with Crippen LogP contribution in [0.5, 0.6) is 0 Å². The Balaban J connectivity index is 1.77. The number of anilines is 1. The molecule has 20 heavy (non-hydrogen) atoms. The van der Waals surface area contributed by atoms with Gasteiger partial charge in [0.05, 0.1) is 23.6 Å². The maximum absolute atomic E-state index is 12.0. The molecular weight excluding hydrogens is 256 g/mol. The summed E-state index contributed by atoms with van der Waals surface area (Å²) >= 11 is 0. The fraction of sp³-hybridized carbons (Fsp3) is 0.714. The van der Waals surface area contributed by atoms with Crippen LogP contribution in [0.15, 0.2) is 0 Å². The van der Waals surface area contributed by atoms with Crippen molar-refractivity contribution in [3.63, 3.8) is 0 Å². The molecule has 0 bridgehead atoms. The van der Waals surface area contributed by atoms with Crippen LogP contribution >= 0.6 is 0 Å². The first-order chi connectivity index (χ1) is 9.58. The van der Waals surface area contributed by atoms with Crippen LogP contribution in [0.25, 0.3) is 0 Å². The number of carbonyl (C=O) groups is 1. The smallest absolute Gasteiger partial charge is 0.238 e. The highest BCUT2D eigenvalue weighted by Gasteiger charge is 2.20. The van der Waals surface area contributed by atoms with Gasteiger partial charge in [0.2, 0.25) is 5.91 Å². The molecule has 1 aliphatic heterocycles. The van der Waals surface area contributed by atoms with Gasteiger partial charge in [-0.05, 0) is 39.5 Å². The lowest BCUT2D eigenvalue weighted by Crippen LogP contribution is -2.40. The molecule has 1 aliphatic rings. The van der Waals surface area contributed by atoms with Crippen molar-refractivity contribution >= 4 is 11.6 Å². The van der Waals surface area contributed by atoms with E-state index in [2.05, 4.69) is 27.8 Å². The van der Waals surface area contributed by atoms with E-state index in [0.29, 0.717) is 18.5 Å². The Hall–Kier alpha value is -1.40. The second-order valence-corrected chi connectivity index (χ2v) is 5.48. The fourth-order valence-electron chi connectivity index (χ4n) is 2.55. The third kappa shape index (κ3) is 3.80. The van der Waals surface area contributed by atoms with Crippen molar-refractivity contribution in [1.82, 2.24) is 15.5 Å². The molecule has 0 saturated carbocycles. The average molecular weight is 280 g/mol. The third-order valence-corrected chi connectivity index (χ3v) is 3.95. The zero-order valence-electron chi connectivity index (χ0n) is 12.5. The SMILES string of the molecule is Cc1n[nH]c(C)c1NC(=O)CNC(C)C1CCOCC1. The van der Waals surface area contributed by atoms with Gasteiger partial charge in [0.15, 0.2) is 0 Å². The van der Waals surface area contributed by atoms with E-state index >= 15 is 0 Å². The summed E-state index contributed by atoms with van der Waals surface area (Å²) < 4.78 is 5.35. The van der Waals surface area contributed by atoms with Gasteiger partial charge in [-0.15, -0.1) is 0 Å². The summed E-state index contributed by atoms with van der Waals surface area (Å²) in [6.07, 6.45) is 2.13. The van der Waals surface area contributed by atoms with Crippen LogP contribution in [0.3, 0.4) is 0 Å². The molecule has 3 N–H and O–H groups in total. The molecule has 0 aromatic carbocycles. The number of aryl methyl sites for hydroxylation is 2. The average Bonchev–Trinajstić information content (AvgIpc) is 2.77. The Morgan fingerprint density at radius 3 is 2.75 bits per heavy atom. The van der Waals surface area contributed by atoms with Crippen molar-refractivity contribution in [2.24, 2.45) is 5.92 Å². The van der Waals surface area contributed by atoms with Crippen LogP contribution in [0, 0.1) is 19.8 Å². The number of nitrogens with zero attached hydrogens (tertiary/aromatic N) is 1. The van der Waals surface area contributed by atoms with E-state index in [1.54, 1.807) is 0 Å². The number of nitrogens with one attached hydrogen (secondary N) is 3. The first-order valence-electron chi connectivity index (χ1n) is 7.20. The molecule has 0 spiro atoms. The highest BCUT2D eigenvalue weighted by atomic mass is 16.5. The number of ether oxygens (including phenoxy) is 1. The molecule has 6 heteroatoms. The Bertz CT molecular complexity index is 433. The van der Waals surface area contributed by atoms with Crippen LogP contribution in [0.2, 0.25) is 0 Å². The number of rotatable bonds is 5. The Labute approximate surface area is 119 Å². The molecular formula is C14H24N4O2. The quantitative estimate of drug-likeness (QED) is 0.761. The van der Waals surface area contributed by atoms with Gasteiger partial charge in [0.1, 0.15) is 0 Å². The summed E-state index contributed by atoms with van der Waals surface area (Å²) in [4.78, 5) is 12.0. The van der Waals surface area contributed by atoms with Gasteiger partial charge in [-0.2, -0.15) is 5.10 Å². The first-order valence-corrected chi connectivity index (χ1v) is 7.20. The second kappa shape index (κ2) is 6.85. The zero-order valence-corrected chi connectivity index (χ0v) is 12.5. The predicted octanol–water partition coefficient (Wildman–Crippen LogP) is 1.37. The molecule has 1 unspecified atom stereocenters. The van der Waals surface area contributed by atoms with E-state index in [1.165, 1.54) is 0 Å². The highest BCUT2D eigenvalue weighted by molar-refractivity contribution is 5.93. The minimum absolute atomic E-state index is 0.0310. The molecule has 1 saturated heterocycles. The highest BCUT2D eigenvalue weighted by Crippen LogP contribution is 2.18. The third-order valence-electron chi connectivity index (χ3n) is 3.95. The molecule has 112 valence electrons. The molecule has 2 heterocycles. The molecule has 1 aromatic heterocycles. The standard InChI is InChI=1S/C14H24N4O2/c1-9(12-4-6-20-7-5-12)15-8-13(19)16-14-10(2)17-18-11(14)3/h9,12,15H,4-8H2,1-3H3,(H,16,19)(H,17,18). The summed E-state index contributed by atoms with van der Waals surface area (Å²) in [5, 5.41) is 13.1. The first kappa shape index (κ1) is 15.0. The number of carbonyl (C=O) groups excluding carboxylic acids is 1. The lowest BCUT2D eigenvalue weighted by Gasteiger charge is -2.28. The van der Waals surface area contributed by atoms with E-state index in [1.807, 2.05) is 13.8 Å². The molecule has 0 aliphatic carbocycles. The van der Waals surface area contributed by atoms with Gasteiger partial charge >= 0.3 is 0 Å². The maximum atomic E-state index is 12.0. The number of amides is 1. The van der Waals surface area contributed by atoms with E-state index < -0.39 is 0 Å². The minimum Gasteiger partial charge on any atom is -0.381 e. The van der Waals surface area contributed by atoms with Crippen LogP contribution in [-0.4, -0.2) is 41.9 Å². The van der Waals surface area contributed by atoms with Crippen LogP contribution < -0.4 is 10.6 Å². The molecule has 1 atom stereocenters. The number of H-pyrrole nitrogens is 1. The van der Waals surface area contributed by atoms with Crippen LogP contribution in [0.4, 0.5) is 5.69 Å². The van der Waals surface area contributed by atoms with Gasteiger partial charge in [0, 0.05) is 19.3 Å². The predicted molar refractivity (Wildman–Crippen MR) is 77.7 cm³/mol. The molecule has 1 fully saturated rings. The van der Waals surface area contributed by atoms with Gasteiger partial charge < -0.3 is 15.4 Å². The summed E-state index contributed by atoms with van der Waals surface area (Å²) in [5.74, 6) is 0.561. The maximum Gasteiger partial charge on any atom is 0.238 e. The van der Waals surface area contributed by atoms with Crippen molar-refractivity contribution in [2.75, 3.05) is 25.1 Å². The van der Waals surface area contributed by atoms with Gasteiger partial charge in [-0.3, -0.25) is 9.89 Å². The van der Waals surface area contributed by atoms with Gasteiger partial charge in [-0.25, -0.2) is 0 Å². The van der Waals surface area contributed by atoms with E-state index in [9.17, 15) is 4.79 Å². The van der Waals surface area contributed by atoms with Crippen LogP contribution in [-0.2, 0) is 9.53 Å². The van der Waals surface area contributed by atoms with Crippen molar-refractivity contribution in [2.45, 2.75) is 39.7 Å². The normalized spacial score (nSPS) is 17.9. The summed E-state index contributed by atoms with van der Waals surface area (Å²) in [6.45, 7) is 7.89. The van der Waals surface area contributed by atoms with Crippen molar-refractivity contribution in [1.29, 1.82) is 0 Å². The summed E-state index contributed by atoms with van der Waals surface area (Å²) in [5.41, 5.74) is 2.48. The lowest BCUT2D eigenvalue weighted by molar-refractivity contribution is -0.115. The monoisotopic (exact) mass is 280 g/mol. The van der Waals surface area contributed by atoms with E-state index in [-0.39, 0.29) is 5.91 Å². The largest absolute Gasteiger partial charge is 0.381 e. The molecule has 0 radical (unpaired) electrons. The number of hydrogen-bond donors (Lipinski definition) is 3. The van der Waals surface area contributed by atoms with E-state index in [0.717, 1.165) is 43.1 Å². The summed E-state index contributed by atoms with van der Waals surface area (Å²) in [7, 11) is 0. The van der Waals surface area contributed by atoms with Crippen LogP contribution in [0.1, 0.15) is 31.2 Å². The van der Waals surface area contributed by atoms with Crippen molar-refractivity contribution in [3.8, 4) is 0 Å². The van der Waals surface area contributed by atoms with E-state index in [4.69, 9.17) is 4.74 Å². The fourth-order valence-corrected chi connectivity index (χ4v) is 2.55. The number of aromatic amines is 1. The summed E-state index contributed by atoms with van der Waals surface area (Å²) in [6, 6.07) is 0.330. The number of aromatic nitrogens is 2. The Kier molecular flexibility index (Phi) is 5.14. The van der Waals surface area contributed by atoms with Gasteiger partial charge in [-0.1, -0.05) is 0 Å². The lowest BCUT2D eigenvalue weighted by atomic mass is 9.93. The minimum atomic E-state index is -0.0310. The molecule has 2 rings (SSSR count). The topological polar surface area (TPSA) is 79.0 Å². The van der Waals surface area contributed by atoms with Crippen molar-refractivity contribution in [3.05, 3.63) is 11.4 Å². The van der Waals surface area contributed by atoms with Crippen molar-refractivity contribution < 1.29 is 9.53 Å². The second-order valence-electron chi connectivity index (χ2n) is 5.48. The zero-order chi connectivity index (χ0) is 14.5. The molecule has 1 aromatic rings. The van der Waals surface area contributed by atoms with Gasteiger partial charge in [0.25, 0.3) is 0 Å².